The standard InChI is InChI=1S/C13H13N3O3/c17-11-9-5-4-8(6-10(9)12(18)16-11)15-13(19)14-7-2-1-3-7/h4-7H,1-3H2,(H2,14,15,19)(H,16,17,18). The van der Waals surface area contributed by atoms with Gasteiger partial charge in [-0.25, -0.2) is 4.79 Å². The Bertz CT molecular complexity index is 578. The number of imide groups is 1. The molecule has 0 saturated heterocycles. The Hall–Kier alpha value is -2.37. The van der Waals surface area contributed by atoms with Gasteiger partial charge in [0.2, 0.25) is 0 Å². The molecule has 4 amide bonds. The minimum absolute atomic E-state index is 0.249. The summed E-state index contributed by atoms with van der Waals surface area (Å²) in [5.74, 6) is -0.825. The highest BCUT2D eigenvalue weighted by Crippen LogP contribution is 2.21. The molecule has 1 heterocycles. The number of rotatable bonds is 2. The second-order valence-corrected chi connectivity index (χ2v) is 4.77. The molecule has 0 radical (unpaired) electrons. The Balaban J connectivity index is 1.72. The molecule has 98 valence electrons. The zero-order valence-corrected chi connectivity index (χ0v) is 10.2. The van der Waals surface area contributed by atoms with Gasteiger partial charge in [-0.2, -0.15) is 0 Å². The van der Waals surface area contributed by atoms with E-state index >= 15 is 0 Å². The van der Waals surface area contributed by atoms with Crippen LogP contribution in [-0.4, -0.2) is 23.9 Å². The summed E-state index contributed by atoms with van der Waals surface area (Å²) < 4.78 is 0. The minimum atomic E-state index is -0.428. The lowest BCUT2D eigenvalue weighted by molar-refractivity contribution is 0.0879. The molecular weight excluding hydrogens is 246 g/mol. The summed E-state index contributed by atoms with van der Waals surface area (Å²) in [6.07, 6.45) is 3.16. The van der Waals surface area contributed by atoms with Gasteiger partial charge in [-0.05, 0) is 37.5 Å². The Morgan fingerprint density at radius 1 is 1.16 bits per heavy atom. The van der Waals surface area contributed by atoms with E-state index < -0.39 is 11.8 Å². The second-order valence-electron chi connectivity index (χ2n) is 4.77. The number of carbonyl (C=O) groups excluding carboxylic acids is 3. The van der Waals surface area contributed by atoms with Crippen LogP contribution >= 0.6 is 0 Å². The predicted molar refractivity (Wildman–Crippen MR) is 68.0 cm³/mol. The molecule has 0 aromatic heterocycles. The zero-order valence-electron chi connectivity index (χ0n) is 10.2. The normalized spacial score (nSPS) is 17.5. The van der Waals surface area contributed by atoms with Crippen LogP contribution < -0.4 is 16.0 Å². The van der Waals surface area contributed by atoms with Crippen molar-refractivity contribution in [3.8, 4) is 0 Å². The lowest BCUT2D eigenvalue weighted by Gasteiger charge is -2.26. The van der Waals surface area contributed by atoms with Crippen LogP contribution in [0.25, 0.3) is 0 Å². The van der Waals surface area contributed by atoms with E-state index in [0.29, 0.717) is 16.8 Å². The maximum atomic E-state index is 11.7. The summed E-state index contributed by atoms with van der Waals surface area (Å²) in [7, 11) is 0. The minimum Gasteiger partial charge on any atom is -0.335 e. The van der Waals surface area contributed by atoms with Gasteiger partial charge in [-0.1, -0.05) is 0 Å². The molecule has 6 nitrogen and oxygen atoms in total. The largest absolute Gasteiger partial charge is 0.335 e. The van der Waals surface area contributed by atoms with Crippen LogP contribution in [0.4, 0.5) is 10.5 Å². The van der Waals surface area contributed by atoms with Crippen molar-refractivity contribution in [3.05, 3.63) is 29.3 Å². The maximum Gasteiger partial charge on any atom is 0.319 e. The van der Waals surface area contributed by atoms with E-state index in [1.807, 2.05) is 0 Å². The van der Waals surface area contributed by atoms with Gasteiger partial charge < -0.3 is 10.6 Å². The highest BCUT2D eigenvalue weighted by atomic mass is 16.2. The third-order valence-corrected chi connectivity index (χ3v) is 3.43. The topological polar surface area (TPSA) is 87.3 Å². The van der Waals surface area contributed by atoms with Crippen LogP contribution in [0.2, 0.25) is 0 Å². The number of urea groups is 1. The summed E-state index contributed by atoms with van der Waals surface area (Å²) in [5.41, 5.74) is 1.14. The van der Waals surface area contributed by atoms with E-state index in [9.17, 15) is 14.4 Å². The molecule has 0 atom stereocenters. The van der Waals surface area contributed by atoms with E-state index in [-0.39, 0.29) is 12.1 Å². The van der Waals surface area contributed by atoms with E-state index in [2.05, 4.69) is 16.0 Å². The van der Waals surface area contributed by atoms with Gasteiger partial charge in [0.25, 0.3) is 11.8 Å². The van der Waals surface area contributed by atoms with Gasteiger partial charge >= 0.3 is 6.03 Å². The number of benzene rings is 1. The van der Waals surface area contributed by atoms with Gasteiger partial charge in [0, 0.05) is 11.7 Å². The van der Waals surface area contributed by atoms with Crippen LogP contribution in [0.3, 0.4) is 0 Å². The first-order chi connectivity index (χ1) is 9.13. The number of nitrogens with one attached hydrogen (secondary N) is 3. The van der Waals surface area contributed by atoms with Crippen molar-refractivity contribution in [2.75, 3.05) is 5.32 Å². The number of hydrogen-bond acceptors (Lipinski definition) is 3. The van der Waals surface area contributed by atoms with Crippen LogP contribution in [0.1, 0.15) is 40.0 Å². The third kappa shape index (κ3) is 2.16. The smallest absolute Gasteiger partial charge is 0.319 e. The van der Waals surface area contributed by atoms with Gasteiger partial charge in [0.15, 0.2) is 0 Å². The average Bonchev–Trinajstić information content (AvgIpc) is 2.60. The molecule has 2 aliphatic rings. The second kappa shape index (κ2) is 4.38. The average molecular weight is 259 g/mol. The predicted octanol–water partition coefficient (Wildman–Crippen LogP) is 1.24. The quantitative estimate of drug-likeness (QED) is 0.698. The van der Waals surface area contributed by atoms with Gasteiger partial charge in [0.05, 0.1) is 11.1 Å². The zero-order chi connectivity index (χ0) is 13.4. The summed E-state index contributed by atoms with van der Waals surface area (Å²) in [6.45, 7) is 0. The van der Waals surface area contributed by atoms with Crippen molar-refractivity contribution in [3.63, 3.8) is 0 Å². The van der Waals surface area contributed by atoms with Gasteiger partial charge in [-0.3, -0.25) is 14.9 Å². The summed E-state index contributed by atoms with van der Waals surface area (Å²) in [5, 5.41) is 7.71. The fourth-order valence-corrected chi connectivity index (χ4v) is 2.15. The van der Waals surface area contributed by atoms with Crippen molar-refractivity contribution in [2.45, 2.75) is 25.3 Å². The van der Waals surface area contributed by atoms with Crippen molar-refractivity contribution < 1.29 is 14.4 Å². The fourth-order valence-electron chi connectivity index (χ4n) is 2.15. The number of hydrogen-bond donors (Lipinski definition) is 3. The molecule has 0 unspecified atom stereocenters. The Morgan fingerprint density at radius 3 is 2.58 bits per heavy atom. The number of fused-ring (bicyclic) bond motifs is 1. The van der Waals surface area contributed by atoms with Crippen molar-refractivity contribution in [1.82, 2.24) is 10.6 Å². The van der Waals surface area contributed by atoms with Crippen molar-refractivity contribution in [1.29, 1.82) is 0 Å². The van der Waals surface area contributed by atoms with Gasteiger partial charge in [0.1, 0.15) is 0 Å². The number of carbonyl (C=O) groups is 3. The molecule has 1 aliphatic heterocycles. The fraction of sp³-hybridized carbons (Fsp3) is 0.308. The molecule has 1 fully saturated rings. The molecule has 3 N–H and O–H groups in total. The molecular formula is C13H13N3O3. The first-order valence-electron chi connectivity index (χ1n) is 6.21. The third-order valence-electron chi connectivity index (χ3n) is 3.43. The highest BCUT2D eigenvalue weighted by Gasteiger charge is 2.27. The molecule has 19 heavy (non-hydrogen) atoms. The van der Waals surface area contributed by atoms with Crippen LogP contribution in [0, 0.1) is 0 Å². The lowest BCUT2D eigenvalue weighted by Crippen LogP contribution is -2.41. The molecule has 1 saturated carbocycles. The Morgan fingerprint density at radius 2 is 1.89 bits per heavy atom. The van der Waals surface area contributed by atoms with Crippen molar-refractivity contribution in [2.24, 2.45) is 0 Å². The molecule has 0 spiro atoms. The van der Waals surface area contributed by atoms with E-state index in [1.54, 1.807) is 6.07 Å². The summed E-state index contributed by atoms with van der Waals surface area (Å²) in [6, 6.07) is 4.62. The molecule has 3 rings (SSSR count). The first kappa shape index (κ1) is 11.7. The Kier molecular flexibility index (Phi) is 2.70. The van der Waals surface area contributed by atoms with Gasteiger partial charge in [-0.15, -0.1) is 0 Å². The van der Waals surface area contributed by atoms with Crippen LogP contribution in [0.15, 0.2) is 18.2 Å². The first-order valence-corrected chi connectivity index (χ1v) is 6.21. The monoisotopic (exact) mass is 259 g/mol. The van der Waals surface area contributed by atoms with E-state index in [1.165, 1.54) is 12.1 Å². The Labute approximate surface area is 109 Å². The van der Waals surface area contributed by atoms with Crippen LogP contribution in [-0.2, 0) is 0 Å². The SMILES string of the molecule is O=C(Nc1ccc2c(c1)C(=O)NC2=O)NC1CCC1. The summed E-state index contributed by atoms with van der Waals surface area (Å²) in [4.78, 5) is 34.5. The number of amides is 4. The molecule has 1 aliphatic carbocycles. The molecule has 1 aromatic carbocycles. The highest BCUT2D eigenvalue weighted by molar-refractivity contribution is 6.21. The molecule has 1 aromatic rings. The van der Waals surface area contributed by atoms with E-state index in [0.717, 1.165) is 19.3 Å². The molecule has 0 bridgehead atoms. The lowest BCUT2D eigenvalue weighted by atomic mass is 9.93. The number of anilines is 1. The van der Waals surface area contributed by atoms with E-state index in [4.69, 9.17) is 0 Å². The maximum absolute atomic E-state index is 11.7. The summed E-state index contributed by atoms with van der Waals surface area (Å²) >= 11 is 0. The van der Waals surface area contributed by atoms with Crippen molar-refractivity contribution >= 4 is 23.5 Å². The van der Waals surface area contributed by atoms with Crippen LogP contribution in [0.5, 0.6) is 0 Å². The molecule has 6 heteroatoms.